The predicted molar refractivity (Wildman–Crippen MR) is 110 cm³/mol. The summed E-state index contributed by atoms with van der Waals surface area (Å²) in [5, 5.41) is 49.3. The van der Waals surface area contributed by atoms with Crippen molar-refractivity contribution in [1.82, 2.24) is 0 Å². The van der Waals surface area contributed by atoms with E-state index < -0.39 is 36.2 Å². The third-order valence-electron chi connectivity index (χ3n) is 5.38. The van der Waals surface area contributed by atoms with Gasteiger partial charge in [-0.2, -0.15) is 0 Å². The van der Waals surface area contributed by atoms with Gasteiger partial charge in [-0.1, -0.05) is 12.1 Å². The van der Waals surface area contributed by atoms with Crippen LogP contribution in [0.2, 0.25) is 0 Å². The molecule has 11 heteroatoms. The largest absolute Gasteiger partial charge is 0.508 e. The lowest BCUT2D eigenvalue weighted by Gasteiger charge is -2.43. The number of aromatic hydroxyl groups is 1. The minimum absolute atomic E-state index is 0.0389. The third-order valence-corrected chi connectivity index (χ3v) is 5.38. The molecular formula is C22H18O11. The molecule has 0 unspecified atom stereocenters. The van der Waals surface area contributed by atoms with Crippen LogP contribution in [0, 0.1) is 0 Å². The number of rotatable bonds is 5. The van der Waals surface area contributed by atoms with Crippen molar-refractivity contribution in [3.63, 3.8) is 0 Å². The van der Waals surface area contributed by atoms with Gasteiger partial charge < -0.3 is 39.4 Å². The van der Waals surface area contributed by atoms with Gasteiger partial charge >= 0.3 is 5.97 Å². The minimum Gasteiger partial charge on any atom is -0.508 e. The Morgan fingerprint density at radius 2 is 1.79 bits per heavy atom. The molecule has 3 aromatic rings. The van der Waals surface area contributed by atoms with Crippen molar-refractivity contribution >= 4 is 23.2 Å². The number of carbonyl (C=O) groups excluding carboxylic acids is 1. The fourth-order valence-corrected chi connectivity index (χ4v) is 3.51. The van der Waals surface area contributed by atoms with Crippen LogP contribution in [0.25, 0.3) is 22.1 Å². The van der Waals surface area contributed by atoms with E-state index in [9.17, 15) is 39.9 Å². The summed E-state index contributed by atoms with van der Waals surface area (Å²) in [7, 11) is 0. The molecule has 11 nitrogen and oxygen atoms in total. The number of ether oxygens (including phenoxy) is 2. The Morgan fingerprint density at radius 3 is 2.42 bits per heavy atom. The predicted octanol–water partition coefficient (Wildman–Crippen LogP) is 0.00570. The van der Waals surface area contributed by atoms with Crippen LogP contribution in [0.3, 0.4) is 0 Å². The first-order valence-electron chi connectivity index (χ1n) is 9.60. The van der Waals surface area contributed by atoms with Gasteiger partial charge in [0.05, 0.1) is 10.9 Å². The summed E-state index contributed by atoms with van der Waals surface area (Å²) in [6.45, 7) is 0. The average molecular weight is 458 g/mol. The zero-order valence-corrected chi connectivity index (χ0v) is 16.7. The van der Waals surface area contributed by atoms with Gasteiger partial charge in [0.15, 0.2) is 29.5 Å². The van der Waals surface area contributed by atoms with E-state index in [0.29, 0.717) is 5.56 Å². The van der Waals surface area contributed by atoms with Gasteiger partial charge in [0.25, 0.3) is 0 Å². The quantitative estimate of drug-likeness (QED) is 0.324. The molecule has 0 spiro atoms. The zero-order chi connectivity index (χ0) is 23.9. The molecule has 1 saturated heterocycles. The maximum absolute atomic E-state index is 12.9. The number of aliphatic carboxylic acids is 1. The highest BCUT2D eigenvalue weighted by Crippen LogP contribution is 2.32. The van der Waals surface area contributed by atoms with E-state index in [-0.39, 0.29) is 39.7 Å². The number of fused-ring (bicyclic) bond motifs is 1. The topological polar surface area (TPSA) is 184 Å². The van der Waals surface area contributed by atoms with Crippen molar-refractivity contribution in [2.75, 3.05) is 0 Å². The van der Waals surface area contributed by atoms with Crippen LogP contribution in [-0.4, -0.2) is 68.0 Å². The molecule has 0 aliphatic carbocycles. The molecule has 33 heavy (non-hydrogen) atoms. The number of phenols is 1. The van der Waals surface area contributed by atoms with E-state index in [0.717, 1.165) is 0 Å². The highest BCUT2D eigenvalue weighted by atomic mass is 16.7. The number of carboxylic acids is 1. The van der Waals surface area contributed by atoms with Crippen LogP contribution < -0.4 is 10.2 Å². The summed E-state index contributed by atoms with van der Waals surface area (Å²) in [6.07, 6.45) is -7.23. The second kappa shape index (κ2) is 8.30. The van der Waals surface area contributed by atoms with Crippen molar-refractivity contribution in [2.45, 2.75) is 30.2 Å². The van der Waals surface area contributed by atoms with E-state index in [1.807, 2.05) is 0 Å². The number of benzene rings is 2. The number of aliphatic hydroxyl groups excluding tert-OH is 2. The lowest BCUT2D eigenvalue weighted by atomic mass is 9.85. The Labute approximate surface area is 184 Å². The Morgan fingerprint density at radius 1 is 1.09 bits per heavy atom. The molecule has 4 rings (SSSR count). The minimum atomic E-state index is -2.85. The fourth-order valence-electron chi connectivity index (χ4n) is 3.51. The van der Waals surface area contributed by atoms with E-state index in [4.69, 9.17) is 13.9 Å². The monoisotopic (exact) mass is 458 g/mol. The summed E-state index contributed by atoms with van der Waals surface area (Å²) in [4.78, 5) is 35.5. The van der Waals surface area contributed by atoms with E-state index in [1.54, 1.807) is 12.1 Å². The van der Waals surface area contributed by atoms with Crippen molar-refractivity contribution in [3.8, 4) is 22.6 Å². The van der Waals surface area contributed by atoms with Gasteiger partial charge in [-0.3, -0.25) is 9.59 Å². The first-order chi connectivity index (χ1) is 15.7. The van der Waals surface area contributed by atoms with Crippen molar-refractivity contribution in [3.05, 3.63) is 59.0 Å². The summed E-state index contributed by atoms with van der Waals surface area (Å²) < 4.78 is 16.0. The summed E-state index contributed by atoms with van der Waals surface area (Å²) in [5.74, 6) is -1.69. The summed E-state index contributed by atoms with van der Waals surface area (Å²) >= 11 is 0. The molecule has 1 aliphatic heterocycles. The smallest absolute Gasteiger partial charge is 0.335 e. The lowest BCUT2D eigenvalue weighted by molar-refractivity contribution is -0.293. The Hall–Kier alpha value is -3.77. The maximum atomic E-state index is 12.9. The Bertz CT molecular complexity index is 1270. The molecule has 1 fully saturated rings. The molecule has 0 bridgehead atoms. The number of hydrogen-bond acceptors (Lipinski definition) is 10. The van der Waals surface area contributed by atoms with Gasteiger partial charge in [0, 0.05) is 6.07 Å². The van der Waals surface area contributed by atoms with Crippen LogP contribution in [0.15, 0.2) is 57.9 Å². The highest BCUT2D eigenvalue weighted by Gasteiger charge is 2.58. The van der Waals surface area contributed by atoms with Crippen LogP contribution in [-0.2, 0) is 14.3 Å². The van der Waals surface area contributed by atoms with Crippen LogP contribution in [0.5, 0.6) is 11.5 Å². The Kier molecular flexibility index (Phi) is 5.64. The average Bonchev–Trinajstić information content (AvgIpc) is 2.80. The lowest BCUT2D eigenvalue weighted by Crippen LogP contribution is -2.69. The molecule has 0 amide bonds. The fraction of sp³-hybridized carbons (Fsp3) is 0.227. The number of phenolic OH excluding ortho intramolecular Hbond substituents is 1. The molecule has 5 atom stereocenters. The van der Waals surface area contributed by atoms with Crippen molar-refractivity contribution < 1.29 is 49.0 Å². The van der Waals surface area contributed by atoms with Crippen molar-refractivity contribution in [2.24, 2.45) is 0 Å². The summed E-state index contributed by atoms with van der Waals surface area (Å²) in [5.41, 5.74) is -2.36. The van der Waals surface area contributed by atoms with Gasteiger partial charge in [-0.05, 0) is 29.8 Å². The van der Waals surface area contributed by atoms with Gasteiger partial charge in [0.1, 0.15) is 29.4 Å². The molecule has 1 aromatic heterocycles. The van der Waals surface area contributed by atoms with Crippen LogP contribution in [0.4, 0.5) is 0 Å². The molecule has 2 aromatic carbocycles. The standard InChI is InChI=1S/C22H18O11/c23-9-22(30)18(26)17(20(28)29)33-21(19(22)27)32-12-5-6-13-15(7-12)31-8-14(16(13)25)10-1-3-11(24)4-2-10/h1-9,17-19,21,24,26-27,30H,(H,28,29)/t17-,18+,19-,21-,22-/m0/s1. The molecule has 2 heterocycles. The summed E-state index contributed by atoms with van der Waals surface area (Å²) in [6, 6.07) is 9.90. The molecule has 5 N–H and O–H groups in total. The van der Waals surface area contributed by atoms with Gasteiger partial charge in [0.2, 0.25) is 6.29 Å². The first-order valence-corrected chi connectivity index (χ1v) is 9.60. The second-order valence-corrected chi connectivity index (χ2v) is 7.46. The third kappa shape index (κ3) is 3.83. The number of carboxylic acid groups (broad SMARTS) is 1. The molecular weight excluding hydrogens is 440 g/mol. The van der Waals surface area contributed by atoms with Crippen LogP contribution in [0.1, 0.15) is 0 Å². The van der Waals surface area contributed by atoms with Crippen molar-refractivity contribution in [1.29, 1.82) is 0 Å². The molecule has 0 radical (unpaired) electrons. The maximum Gasteiger partial charge on any atom is 0.335 e. The number of hydrogen-bond donors (Lipinski definition) is 5. The first kappa shape index (κ1) is 22.4. The normalized spacial score (nSPS) is 27.2. The number of carbonyl (C=O) groups is 2. The molecule has 1 aliphatic rings. The van der Waals surface area contributed by atoms with E-state index in [1.165, 1.54) is 36.6 Å². The van der Waals surface area contributed by atoms with Gasteiger partial charge in [-0.15, -0.1) is 0 Å². The molecule has 172 valence electrons. The number of aliphatic hydroxyl groups is 3. The number of aldehydes is 1. The highest BCUT2D eigenvalue weighted by molar-refractivity contribution is 5.82. The van der Waals surface area contributed by atoms with Gasteiger partial charge in [-0.25, -0.2) is 4.79 Å². The second-order valence-electron chi connectivity index (χ2n) is 7.46. The Balaban J connectivity index is 1.66. The van der Waals surface area contributed by atoms with Crippen LogP contribution >= 0.6 is 0 Å². The zero-order valence-electron chi connectivity index (χ0n) is 16.7. The van der Waals surface area contributed by atoms with E-state index in [2.05, 4.69) is 0 Å². The molecule has 0 saturated carbocycles. The van der Waals surface area contributed by atoms with E-state index >= 15 is 0 Å². The SMILES string of the molecule is O=C[C@]1(O)[C@H](O)[C@@H](C(=O)O)O[C@H](Oc2ccc3c(=O)c(-c4ccc(O)cc4)coc3c2)[C@@H]1O.